The van der Waals surface area contributed by atoms with Gasteiger partial charge in [0, 0.05) is 0 Å². The van der Waals surface area contributed by atoms with Crippen LogP contribution in [0, 0.1) is 34.9 Å². The van der Waals surface area contributed by atoms with Crippen LogP contribution in [0.3, 0.4) is 0 Å². The lowest BCUT2D eigenvalue weighted by molar-refractivity contribution is -0.110. The van der Waals surface area contributed by atoms with E-state index in [2.05, 4.69) is 0 Å². The van der Waals surface area contributed by atoms with Crippen LogP contribution < -0.4 is 0 Å². The summed E-state index contributed by atoms with van der Waals surface area (Å²) >= 11 is 0. The van der Waals surface area contributed by atoms with Crippen molar-refractivity contribution in [2.75, 3.05) is 0 Å². The lowest BCUT2D eigenvalue weighted by Crippen LogP contribution is -1.97. The van der Waals surface area contributed by atoms with Crippen molar-refractivity contribution < 1.29 is 31.1 Å². The fraction of sp³-hybridized carbons (Fsp3) is 0. The van der Waals surface area contributed by atoms with E-state index in [1.165, 1.54) is 18.2 Å². The van der Waals surface area contributed by atoms with Gasteiger partial charge in [0.1, 0.15) is 0 Å². The fourth-order valence-electron chi connectivity index (χ4n) is 3.73. The van der Waals surface area contributed by atoms with Crippen molar-refractivity contribution in [3.8, 4) is 33.4 Å². The van der Waals surface area contributed by atoms with Gasteiger partial charge in [-0.15, -0.1) is 0 Å². The van der Waals surface area contributed by atoms with Crippen LogP contribution in [0.5, 0.6) is 0 Å². The Morgan fingerprint density at radius 3 is 1.36 bits per heavy atom. The summed E-state index contributed by atoms with van der Waals surface area (Å²) in [6, 6.07) is 16.7. The molecule has 0 aliphatic heterocycles. The Balaban J connectivity index is 0.000000445. The van der Waals surface area contributed by atoms with Crippen LogP contribution in [0.1, 0.15) is 0 Å². The van der Waals surface area contributed by atoms with E-state index in [1.54, 1.807) is 54.6 Å². The molecule has 1 aliphatic rings. The van der Waals surface area contributed by atoms with Crippen molar-refractivity contribution in [3.63, 3.8) is 0 Å². The predicted octanol–water partition coefficient (Wildman–Crippen LogP) is 8.20. The summed E-state index contributed by atoms with van der Waals surface area (Å²) in [7, 11) is 0. The zero-order valence-corrected chi connectivity index (χ0v) is 18.4. The minimum Gasteiger partial charge on any atom is -0.290 e. The Morgan fingerprint density at radius 1 is 0.472 bits per heavy atom. The molecule has 180 valence electrons. The summed E-state index contributed by atoms with van der Waals surface area (Å²) < 4.78 is 82.7. The molecule has 7 heteroatoms. The molecule has 4 aromatic rings. The van der Waals surface area contributed by atoms with Gasteiger partial charge in [-0.25, -0.2) is 26.3 Å². The van der Waals surface area contributed by atoms with E-state index in [0.717, 1.165) is 24.3 Å². The van der Waals surface area contributed by atoms with Crippen LogP contribution in [0.4, 0.5) is 26.3 Å². The van der Waals surface area contributed by atoms with Gasteiger partial charge < -0.3 is 0 Å². The van der Waals surface area contributed by atoms with E-state index in [4.69, 9.17) is 0 Å². The van der Waals surface area contributed by atoms with Gasteiger partial charge in [-0.2, -0.15) is 0 Å². The molecule has 0 radical (unpaired) electrons. The van der Waals surface area contributed by atoms with Crippen molar-refractivity contribution in [2.24, 2.45) is 0 Å². The summed E-state index contributed by atoms with van der Waals surface area (Å²) in [5.41, 5.74) is 1.48. The normalized spacial score (nSPS) is 12.0. The Hall–Kier alpha value is -4.39. The number of carbonyl (C=O) groups is 1. The van der Waals surface area contributed by atoms with Gasteiger partial charge in [-0.1, -0.05) is 60.7 Å². The van der Waals surface area contributed by atoms with Crippen LogP contribution in [-0.2, 0) is 4.79 Å². The van der Waals surface area contributed by atoms with Crippen LogP contribution in [0.25, 0.3) is 33.4 Å². The van der Waals surface area contributed by atoms with Crippen LogP contribution in [0.2, 0.25) is 0 Å². The van der Waals surface area contributed by atoms with Gasteiger partial charge in [0.15, 0.2) is 40.7 Å². The maximum atomic E-state index is 14.0. The maximum absolute atomic E-state index is 14.0. The molecule has 0 saturated heterocycles. The van der Waals surface area contributed by atoms with Crippen molar-refractivity contribution >= 4 is 5.78 Å². The van der Waals surface area contributed by atoms with Gasteiger partial charge in [-0.3, -0.25) is 4.79 Å². The van der Waals surface area contributed by atoms with E-state index < -0.39 is 34.9 Å². The van der Waals surface area contributed by atoms with Crippen molar-refractivity contribution in [2.45, 2.75) is 0 Å². The Bertz CT molecular complexity index is 1450. The second-order valence-electron chi connectivity index (χ2n) is 7.72. The molecular formula is C29H16F6O. The third kappa shape index (κ3) is 5.15. The lowest BCUT2D eigenvalue weighted by Gasteiger charge is -2.17. The van der Waals surface area contributed by atoms with E-state index in [-0.39, 0.29) is 28.0 Å². The number of ketones is 1. The third-order valence-corrected chi connectivity index (χ3v) is 5.35. The average molecular weight is 494 g/mol. The molecule has 4 aromatic carbocycles. The molecular weight excluding hydrogens is 478 g/mol. The van der Waals surface area contributed by atoms with E-state index in [9.17, 15) is 31.1 Å². The standard InChI is InChI=1S/C24H12F6.C5H4O/c25-18-9-14(10-19(26)23(18)29)17-8-4-7-16(13-5-2-1-3-6-13)22(17)15-11-20(27)24(30)21(28)12-15;6-5-3-1-2-4-5/h1-12H;1-4H. The van der Waals surface area contributed by atoms with Crippen LogP contribution in [0.15, 0.2) is 97.1 Å². The Kier molecular flexibility index (Phi) is 7.20. The average Bonchev–Trinajstić information content (AvgIpc) is 3.36. The molecule has 0 amide bonds. The Labute approximate surface area is 202 Å². The van der Waals surface area contributed by atoms with Gasteiger partial charge in [0.25, 0.3) is 0 Å². The molecule has 0 fully saturated rings. The largest absolute Gasteiger partial charge is 0.290 e. The third-order valence-electron chi connectivity index (χ3n) is 5.35. The highest BCUT2D eigenvalue weighted by Gasteiger charge is 2.20. The molecule has 0 heterocycles. The predicted molar refractivity (Wildman–Crippen MR) is 126 cm³/mol. The number of halogens is 6. The highest BCUT2D eigenvalue weighted by Crippen LogP contribution is 2.41. The summed E-state index contributed by atoms with van der Waals surface area (Å²) in [6.45, 7) is 0. The molecule has 0 unspecified atom stereocenters. The van der Waals surface area contributed by atoms with Crippen LogP contribution in [-0.4, -0.2) is 5.78 Å². The number of benzene rings is 4. The molecule has 0 N–H and O–H groups in total. The number of hydrogen-bond donors (Lipinski definition) is 0. The zero-order chi connectivity index (χ0) is 25.8. The smallest absolute Gasteiger partial charge is 0.194 e. The summed E-state index contributed by atoms with van der Waals surface area (Å²) in [5.74, 6) is -8.79. The SMILES string of the molecule is Fc1cc(-c2cccc(-c3ccccc3)c2-c2cc(F)c(F)c(F)c2)cc(F)c1F.O=C1C=CC=C1. The molecule has 0 spiro atoms. The molecule has 36 heavy (non-hydrogen) atoms. The lowest BCUT2D eigenvalue weighted by atomic mass is 9.87. The molecule has 1 aliphatic carbocycles. The second kappa shape index (κ2) is 10.5. The topological polar surface area (TPSA) is 17.1 Å². The highest BCUT2D eigenvalue weighted by molar-refractivity contribution is 6.02. The quantitative estimate of drug-likeness (QED) is 0.207. The van der Waals surface area contributed by atoms with E-state index >= 15 is 0 Å². The minimum atomic E-state index is -1.63. The minimum absolute atomic E-state index is 0.0361. The van der Waals surface area contributed by atoms with Crippen LogP contribution >= 0.6 is 0 Å². The van der Waals surface area contributed by atoms with Gasteiger partial charge in [0.05, 0.1) is 0 Å². The first-order chi connectivity index (χ1) is 17.3. The molecule has 0 aromatic heterocycles. The monoisotopic (exact) mass is 494 g/mol. The summed E-state index contributed by atoms with van der Waals surface area (Å²) in [6.07, 6.45) is 6.50. The molecule has 1 nitrogen and oxygen atoms in total. The van der Waals surface area contributed by atoms with Gasteiger partial charge in [-0.05, 0) is 69.8 Å². The molecule has 0 bridgehead atoms. The first-order valence-electron chi connectivity index (χ1n) is 10.6. The zero-order valence-electron chi connectivity index (χ0n) is 18.4. The van der Waals surface area contributed by atoms with Crippen molar-refractivity contribution in [1.82, 2.24) is 0 Å². The van der Waals surface area contributed by atoms with Crippen molar-refractivity contribution in [1.29, 1.82) is 0 Å². The fourth-order valence-corrected chi connectivity index (χ4v) is 3.73. The number of hydrogen-bond acceptors (Lipinski definition) is 1. The second-order valence-corrected chi connectivity index (χ2v) is 7.72. The van der Waals surface area contributed by atoms with E-state index in [0.29, 0.717) is 11.1 Å². The first-order valence-corrected chi connectivity index (χ1v) is 10.6. The highest BCUT2D eigenvalue weighted by atomic mass is 19.2. The van der Waals surface area contributed by atoms with Gasteiger partial charge >= 0.3 is 0 Å². The number of carbonyl (C=O) groups excluding carboxylic acids is 1. The molecule has 0 saturated carbocycles. The number of rotatable bonds is 3. The van der Waals surface area contributed by atoms with Gasteiger partial charge in [0.2, 0.25) is 0 Å². The van der Waals surface area contributed by atoms with E-state index in [1.807, 2.05) is 0 Å². The molecule has 0 atom stereocenters. The summed E-state index contributed by atoms with van der Waals surface area (Å²) in [4.78, 5) is 10.1. The first kappa shape index (κ1) is 24.7. The Morgan fingerprint density at radius 2 is 0.917 bits per heavy atom. The molecule has 5 rings (SSSR count). The number of allylic oxidation sites excluding steroid dienone is 4. The summed E-state index contributed by atoms with van der Waals surface area (Å²) in [5, 5.41) is 0. The maximum Gasteiger partial charge on any atom is 0.194 e. The van der Waals surface area contributed by atoms with Crippen molar-refractivity contribution in [3.05, 3.63) is 132 Å².